The minimum Gasteiger partial charge on any atom is -0.476 e. The van der Waals surface area contributed by atoms with Crippen LogP contribution in [0.15, 0.2) is 34.0 Å². The maximum atomic E-state index is 13.1. The molecule has 21 heavy (non-hydrogen) atoms. The molecule has 0 unspecified atom stereocenters. The Kier molecular flexibility index (Phi) is 4.35. The van der Waals surface area contributed by atoms with Crippen molar-refractivity contribution >= 4 is 27.3 Å². The summed E-state index contributed by atoms with van der Waals surface area (Å²) < 4.78 is 39.5. The van der Waals surface area contributed by atoms with Crippen molar-refractivity contribution in [3.8, 4) is 0 Å². The standard InChI is InChI=1S/C12H11FN2O4S2/c1-7(8-3-2-4-9(13)5-8)15-21(18,19)12-10(11(16)17)14-6-20-12/h2-7,15H,1H3,(H,16,17)/t7-/m1/s1. The molecule has 0 saturated heterocycles. The zero-order valence-corrected chi connectivity index (χ0v) is 12.4. The molecule has 1 atom stereocenters. The average Bonchev–Trinajstić information content (AvgIpc) is 2.88. The lowest BCUT2D eigenvalue weighted by atomic mass is 10.1. The zero-order chi connectivity index (χ0) is 15.6. The van der Waals surface area contributed by atoms with Gasteiger partial charge in [-0.05, 0) is 24.6 Å². The van der Waals surface area contributed by atoms with Crippen LogP contribution in [0.5, 0.6) is 0 Å². The van der Waals surface area contributed by atoms with Crippen molar-refractivity contribution in [1.82, 2.24) is 9.71 Å². The Labute approximate surface area is 124 Å². The number of thiazole rings is 1. The summed E-state index contributed by atoms with van der Waals surface area (Å²) in [5.74, 6) is -1.91. The number of carboxylic acids is 1. The topological polar surface area (TPSA) is 96.4 Å². The normalized spacial score (nSPS) is 13.0. The van der Waals surface area contributed by atoms with Crippen LogP contribution in [0.2, 0.25) is 0 Å². The summed E-state index contributed by atoms with van der Waals surface area (Å²) in [4.78, 5) is 14.4. The number of hydrogen-bond acceptors (Lipinski definition) is 5. The van der Waals surface area contributed by atoms with E-state index in [0.29, 0.717) is 16.9 Å². The molecular formula is C12H11FN2O4S2. The van der Waals surface area contributed by atoms with Crippen LogP contribution in [0.1, 0.15) is 29.0 Å². The highest BCUT2D eigenvalue weighted by molar-refractivity contribution is 7.91. The van der Waals surface area contributed by atoms with Gasteiger partial charge in [-0.3, -0.25) is 0 Å². The molecular weight excluding hydrogens is 319 g/mol. The number of nitrogens with one attached hydrogen (secondary N) is 1. The van der Waals surface area contributed by atoms with Crippen LogP contribution in [0.3, 0.4) is 0 Å². The van der Waals surface area contributed by atoms with E-state index >= 15 is 0 Å². The molecule has 2 rings (SSSR count). The monoisotopic (exact) mass is 330 g/mol. The van der Waals surface area contributed by atoms with Crippen LogP contribution in [0.25, 0.3) is 0 Å². The zero-order valence-electron chi connectivity index (χ0n) is 10.8. The molecule has 1 aromatic carbocycles. The third-order valence-electron chi connectivity index (χ3n) is 2.66. The summed E-state index contributed by atoms with van der Waals surface area (Å²) in [5.41, 5.74) is 1.05. The van der Waals surface area contributed by atoms with E-state index in [9.17, 15) is 17.6 Å². The second-order valence-electron chi connectivity index (χ2n) is 4.19. The molecule has 0 aliphatic heterocycles. The molecule has 112 valence electrons. The van der Waals surface area contributed by atoms with Gasteiger partial charge in [0.2, 0.25) is 0 Å². The van der Waals surface area contributed by atoms with Crippen molar-refractivity contribution < 1.29 is 22.7 Å². The van der Waals surface area contributed by atoms with Gasteiger partial charge in [0.05, 0.1) is 5.51 Å². The Morgan fingerprint density at radius 1 is 1.48 bits per heavy atom. The van der Waals surface area contributed by atoms with Gasteiger partial charge in [-0.1, -0.05) is 12.1 Å². The number of carboxylic acid groups (broad SMARTS) is 1. The second kappa shape index (κ2) is 5.88. The van der Waals surface area contributed by atoms with Crippen molar-refractivity contribution in [3.63, 3.8) is 0 Å². The Bertz CT molecular complexity index is 773. The van der Waals surface area contributed by atoms with E-state index in [1.807, 2.05) is 0 Å². The Morgan fingerprint density at radius 2 is 2.19 bits per heavy atom. The SMILES string of the molecule is C[C@@H](NS(=O)(=O)c1scnc1C(=O)O)c1cccc(F)c1. The van der Waals surface area contributed by atoms with E-state index in [2.05, 4.69) is 9.71 Å². The molecule has 0 aliphatic rings. The van der Waals surface area contributed by atoms with Crippen molar-refractivity contribution in [2.24, 2.45) is 0 Å². The highest BCUT2D eigenvalue weighted by Crippen LogP contribution is 2.23. The summed E-state index contributed by atoms with van der Waals surface area (Å²) >= 11 is 0.709. The Morgan fingerprint density at radius 3 is 2.81 bits per heavy atom. The van der Waals surface area contributed by atoms with E-state index in [-0.39, 0.29) is 4.21 Å². The molecule has 0 aliphatic carbocycles. The number of carbonyl (C=O) groups is 1. The fourth-order valence-corrected chi connectivity index (χ4v) is 4.09. The van der Waals surface area contributed by atoms with E-state index in [1.54, 1.807) is 6.07 Å². The predicted molar refractivity (Wildman–Crippen MR) is 74.2 cm³/mol. The third kappa shape index (κ3) is 3.43. The molecule has 0 fully saturated rings. The number of aromatic nitrogens is 1. The van der Waals surface area contributed by atoms with E-state index in [0.717, 1.165) is 5.51 Å². The highest BCUT2D eigenvalue weighted by atomic mass is 32.2. The molecule has 0 saturated carbocycles. The number of nitrogens with zero attached hydrogens (tertiary/aromatic N) is 1. The fraction of sp³-hybridized carbons (Fsp3) is 0.167. The van der Waals surface area contributed by atoms with Gasteiger partial charge in [-0.15, -0.1) is 11.3 Å². The van der Waals surface area contributed by atoms with Crippen LogP contribution in [0, 0.1) is 5.82 Å². The van der Waals surface area contributed by atoms with Gasteiger partial charge in [-0.2, -0.15) is 0 Å². The summed E-state index contributed by atoms with van der Waals surface area (Å²) in [6, 6.07) is 4.77. The van der Waals surface area contributed by atoms with Gasteiger partial charge in [0.1, 0.15) is 5.82 Å². The third-order valence-corrected chi connectivity index (χ3v) is 5.57. The maximum absolute atomic E-state index is 13.1. The molecule has 0 amide bonds. The van der Waals surface area contributed by atoms with Gasteiger partial charge < -0.3 is 5.11 Å². The van der Waals surface area contributed by atoms with Crippen molar-refractivity contribution in [2.75, 3.05) is 0 Å². The average molecular weight is 330 g/mol. The fourth-order valence-electron chi connectivity index (χ4n) is 1.70. The summed E-state index contributed by atoms with van der Waals surface area (Å²) in [6.45, 7) is 1.54. The first kappa shape index (κ1) is 15.5. The van der Waals surface area contributed by atoms with Crippen LogP contribution < -0.4 is 4.72 Å². The number of aromatic carboxylic acids is 1. The maximum Gasteiger partial charge on any atom is 0.356 e. The molecule has 0 radical (unpaired) electrons. The summed E-state index contributed by atoms with van der Waals surface area (Å²) in [6.07, 6.45) is 0. The lowest BCUT2D eigenvalue weighted by Gasteiger charge is -2.14. The molecule has 2 N–H and O–H groups in total. The molecule has 2 aromatic rings. The van der Waals surface area contributed by atoms with Gasteiger partial charge >= 0.3 is 5.97 Å². The molecule has 0 spiro atoms. The molecule has 0 bridgehead atoms. The van der Waals surface area contributed by atoms with Gasteiger partial charge in [0, 0.05) is 6.04 Å². The smallest absolute Gasteiger partial charge is 0.356 e. The molecule has 9 heteroatoms. The van der Waals surface area contributed by atoms with Gasteiger partial charge in [-0.25, -0.2) is 27.3 Å². The number of benzene rings is 1. The Hall–Kier alpha value is -1.84. The summed E-state index contributed by atoms with van der Waals surface area (Å²) in [5, 5.41) is 8.91. The Balaban J connectivity index is 2.29. The first-order valence-corrected chi connectivity index (χ1v) is 8.12. The minimum absolute atomic E-state index is 0.377. The quantitative estimate of drug-likeness (QED) is 0.874. The van der Waals surface area contributed by atoms with Crippen molar-refractivity contribution in [2.45, 2.75) is 17.2 Å². The van der Waals surface area contributed by atoms with Gasteiger partial charge in [0.15, 0.2) is 9.90 Å². The van der Waals surface area contributed by atoms with Crippen LogP contribution in [0.4, 0.5) is 4.39 Å². The van der Waals surface area contributed by atoms with Crippen molar-refractivity contribution in [1.29, 1.82) is 0 Å². The lowest BCUT2D eigenvalue weighted by Crippen LogP contribution is -2.27. The largest absolute Gasteiger partial charge is 0.476 e. The van der Waals surface area contributed by atoms with Crippen LogP contribution in [-0.2, 0) is 10.0 Å². The van der Waals surface area contributed by atoms with Gasteiger partial charge in [0.25, 0.3) is 10.0 Å². The van der Waals surface area contributed by atoms with Crippen LogP contribution in [-0.4, -0.2) is 24.5 Å². The second-order valence-corrected chi connectivity index (χ2v) is 6.96. The molecule has 1 aromatic heterocycles. The number of rotatable bonds is 5. The first-order chi connectivity index (χ1) is 9.81. The summed E-state index contributed by atoms with van der Waals surface area (Å²) in [7, 11) is -4.05. The number of sulfonamides is 1. The minimum atomic E-state index is -4.05. The number of hydrogen-bond donors (Lipinski definition) is 2. The van der Waals surface area contributed by atoms with Crippen molar-refractivity contribution in [3.05, 3.63) is 46.9 Å². The van der Waals surface area contributed by atoms with Crippen LogP contribution >= 0.6 is 11.3 Å². The molecule has 1 heterocycles. The van der Waals surface area contributed by atoms with E-state index in [1.165, 1.54) is 25.1 Å². The first-order valence-electron chi connectivity index (χ1n) is 5.76. The van der Waals surface area contributed by atoms with E-state index < -0.39 is 33.5 Å². The molecule has 6 nitrogen and oxygen atoms in total. The highest BCUT2D eigenvalue weighted by Gasteiger charge is 2.27. The lowest BCUT2D eigenvalue weighted by molar-refractivity contribution is 0.0687. The predicted octanol–water partition coefficient (Wildman–Crippen LogP) is 2.02. The van der Waals surface area contributed by atoms with E-state index in [4.69, 9.17) is 5.11 Å². The number of halogens is 1.